The molecular weight excluding hydrogens is 260 g/mol. The van der Waals surface area contributed by atoms with Gasteiger partial charge in [-0.05, 0) is 25.1 Å². The van der Waals surface area contributed by atoms with E-state index in [4.69, 9.17) is 4.74 Å². The van der Waals surface area contributed by atoms with Crippen molar-refractivity contribution in [3.8, 4) is 5.75 Å². The lowest BCUT2D eigenvalue weighted by molar-refractivity contribution is 0.101. The topological polar surface area (TPSA) is 81.2 Å². The number of ether oxygens (including phenoxy) is 1. The zero-order valence-electron chi connectivity index (χ0n) is 11.2. The first-order valence-corrected chi connectivity index (χ1v) is 5.99. The molecule has 0 fully saturated rings. The van der Waals surface area contributed by atoms with Gasteiger partial charge < -0.3 is 4.74 Å². The van der Waals surface area contributed by atoms with Gasteiger partial charge in [-0.1, -0.05) is 0 Å². The van der Waals surface area contributed by atoms with E-state index in [1.807, 2.05) is 0 Å². The Bertz CT molecular complexity index is 758. The van der Waals surface area contributed by atoms with Crippen molar-refractivity contribution in [2.45, 2.75) is 13.5 Å². The monoisotopic (exact) mass is 274 g/mol. The fourth-order valence-corrected chi connectivity index (χ4v) is 1.87. The molecule has 0 aliphatic heterocycles. The van der Waals surface area contributed by atoms with Crippen LogP contribution >= 0.6 is 0 Å². The number of Topliss-reactive ketones (excluding diaryl/α,β-unsaturated/α-hetero) is 1. The number of ketones is 1. The highest BCUT2D eigenvalue weighted by Crippen LogP contribution is 2.20. The maximum Gasteiger partial charge on any atom is 0.265 e. The largest absolute Gasteiger partial charge is 0.496 e. The molecule has 0 saturated heterocycles. The van der Waals surface area contributed by atoms with Gasteiger partial charge in [0, 0.05) is 23.3 Å². The van der Waals surface area contributed by atoms with Crippen LogP contribution in [0, 0.1) is 0 Å². The molecule has 0 aliphatic carbocycles. The molecule has 0 bridgehead atoms. The fourth-order valence-electron chi connectivity index (χ4n) is 1.87. The van der Waals surface area contributed by atoms with Gasteiger partial charge in [-0.2, -0.15) is 0 Å². The third kappa shape index (κ3) is 2.85. The number of rotatable bonds is 4. The van der Waals surface area contributed by atoms with Crippen LogP contribution in [0.1, 0.15) is 22.8 Å². The highest BCUT2D eigenvalue weighted by molar-refractivity contribution is 5.94. The molecule has 0 radical (unpaired) electrons. The number of hydrogen-bond acceptors (Lipinski definition) is 4. The Labute approximate surface area is 114 Å². The van der Waals surface area contributed by atoms with Gasteiger partial charge in [0.15, 0.2) is 5.78 Å². The minimum absolute atomic E-state index is 0.0807. The van der Waals surface area contributed by atoms with Crippen molar-refractivity contribution in [3.05, 3.63) is 62.2 Å². The zero-order valence-corrected chi connectivity index (χ0v) is 11.2. The van der Waals surface area contributed by atoms with Crippen LogP contribution in [-0.4, -0.2) is 22.7 Å². The molecular formula is C14H14N2O4. The van der Waals surface area contributed by atoms with Crippen LogP contribution in [0.25, 0.3) is 0 Å². The van der Waals surface area contributed by atoms with Crippen molar-refractivity contribution in [1.29, 1.82) is 0 Å². The molecule has 0 amide bonds. The van der Waals surface area contributed by atoms with Crippen molar-refractivity contribution in [2.75, 3.05) is 7.11 Å². The molecule has 0 atom stereocenters. The van der Waals surface area contributed by atoms with E-state index in [1.54, 1.807) is 18.2 Å². The van der Waals surface area contributed by atoms with Gasteiger partial charge in [0.05, 0.1) is 13.7 Å². The minimum atomic E-state index is -0.369. The number of methoxy groups -OCH3 is 1. The Morgan fingerprint density at radius 3 is 2.65 bits per heavy atom. The third-order valence-electron chi connectivity index (χ3n) is 2.90. The van der Waals surface area contributed by atoms with E-state index in [0.29, 0.717) is 16.9 Å². The summed E-state index contributed by atoms with van der Waals surface area (Å²) < 4.78 is 6.37. The van der Waals surface area contributed by atoms with E-state index in [9.17, 15) is 14.4 Å². The van der Waals surface area contributed by atoms with E-state index < -0.39 is 0 Å². The van der Waals surface area contributed by atoms with Gasteiger partial charge in [0.1, 0.15) is 5.75 Å². The summed E-state index contributed by atoms with van der Waals surface area (Å²) in [6, 6.07) is 7.33. The molecule has 2 rings (SSSR count). The number of aromatic amines is 1. The van der Waals surface area contributed by atoms with Crippen LogP contribution in [0.15, 0.2) is 39.9 Å². The molecule has 1 aromatic carbocycles. The second-order valence-corrected chi connectivity index (χ2v) is 4.32. The van der Waals surface area contributed by atoms with Crippen molar-refractivity contribution < 1.29 is 9.53 Å². The quantitative estimate of drug-likeness (QED) is 0.836. The van der Waals surface area contributed by atoms with Crippen molar-refractivity contribution in [2.24, 2.45) is 0 Å². The summed E-state index contributed by atoms with van der Waals surface area (Å²) in [6.45, 7) is 1.58. The van der Waals surface area contributed by atoms with Crippen LogP contribution in [-0.2, 0) is 6.54 Å². The number of nitrogens with one attached hydrogen (secondary N) is 1. The summed E-state index contributed by atoms with van der Waals surface area (Å²) in [4.78, 5) is 34.3. The van der Waals surface area contributed by atoms with E-state index in [-0.39, 0.29) is 23.4 Å². The van der Waals surface area contributed by atoms with E-state index in [1.165, 1.54) is 30.8 Å². The number of carbonyl (C=O) groups excluding carboxylic acids is 1. The van der Waals surface area contributed by atoms with Crippen LogP contribution in [0.3, 0.4) is 0 Å². The normalized spacial score (nSPS) is 10.3. The molecule has 6 heteroatoms. The lowest BCUT2D eigenvalue weighted by atomic mass is 10.1. The van der Waals surface area contributed by atoms with Crippen LogP contribution < -0.4 is 15.9 Å². The van der Waals surface area contributed by atoms with Crippen molar-refractivity contribution in [3.63, 3.8) is 0 Å². The molecule has 1 aromatic heterocycles. The Morgan fingerprint density at radius 1 is 1.25 bits per heavy atom. The average Bonchev–Trinajstić information content (AvgIpc) is 2.42. The molecule has 1 N–H and O–H groups in total. The Balaban J connectivity index is 2.48. The summed E-state index contributed by atoms with van der Waals surface area (Å²) in [5, 5.41) is 2.43. The smallest absolute Gasteiger partial charge is 0.265 e. The van der Waals surface area contributed by atoms with Gasteiger partial charge >= 0.3 is 0 Å². The second kappa shape index (κ2) is 5.56. The first-order valence-electron chi connectivity index (χ1n) is 5.99. The Morgan fingerprint density at radius 2 is 2.00 bits per heavy atom. The first-order chi connectivity index (χ1) is 9.51. The maximum atomic E-state index is 11.7. The van der Waals surface area contributed by atoms with Gasteiger partial charge in [0.2, 0.25) is 0 Å². The average molecular weight is 274 g/mol. The van der Waals surface area contributed by atoms with Crippen molar-refractivity contribution in [1.82, 2.24) is 9.78 Å². The highest BCUT2D eigenvalue weighted by atomic mass is 16.5. The number of H-pyrrole nitrogens is 1. The van der Waals surface area contributed by atoms with E-state index >= 15 is 0 Å². The van der Waals surface area contributed by atoms with Crippen LogP contribution in [0.4, 0.5) is 0 Å². The van der Waals surface area contributed by atoms with Gasteiger partial charge in [-0.15, -0.1) is 0 Å². The molecule has 0 aliphatic rings. The minimum Gasteiger partial charge on any atom is -0.496 e. The molecule has 0 saturated carbocycles. The predicted molar refractivity (Wildman–Crippen MR) is 73.4 cm³/mol. The Hall–Kier alpha value is -2.63. The predicted octanol–water partition coefficient (Wildman–Crippen LogP) is 0.796. The molecule has 2 aromatic rings. The molecule has 0 unspecified atom stereocenters. The molecule has 20 heavy (non-hydrogen) atoms. The van der Waals surface area contributed by atoms with Crippen molar-refractivity contribution >= 4 is 5.78 Å². The molecule has 104 valence electrons. The van der Waals surface area contributed by atoms with Crippen LogP contribution in [0.2, 0.25) is 0 Å². The maximum absolute atomic E-state index is 11.7. The summed E-state index contributed by atoms with van der Waals surface area (Å²) in [7, 11) is 1.50. The number of nitrogens with zero attached hydrogens (tertiary/aromatic N) is 1. The van der Waals surface area contributed by atoms with Gasteiger partial charge in [-0.25, -0.2) is 4.68 Å². The third-order valence-corrected chi connectivity index (χ3v) is 2.90. The van der Waals surface area contributed by atoms with Gasteiger partial charge in [-0.3, -0.25) is 19.5 Å². The highest BCUT2D eigenvalue weighted by Gasteiger charge is 2.09. The number of hydrogen-bond donors (Lipinski definition) is 1. The summed E-state index contributed by atoms with van der Waals surface area (Å²) >= 11 is 0. The number of carbonyl (C=O) groups is 1. The van der Waals surface area contributed by atoms with Crippen LogP contribution in [0.5, 0.6) is 5.75 Å². The summed E-state index contributed by atoms with van der Waals surface area (Å²) in [5.74, 6) is 0.467. The lowest BCUT2D eigenvalue weighted by Gasteiger charge is -2.11. The SMILES string of the molecule is COc1ccc(C(C)=O)cc1Cn1[nH]c(=O)ccc1=O. The molecule has 1 heterocycles. The Kier molecular flexibility index (Phi) is 3.84. The van der Waals surface area contributed by atoms with Gasteiger partial charge in [0.25, 0.3) is 11.1 Å². The zero-order chi connectivity index (χ0) is 14.7. The summed E-state index contributed by atoms with van der Waals surface area (Å²) in [6.07, 6.45) is 0. The lowest BCUT2D eigenvalue weighted by Crippen LogP contribution is -2.28. The fraction of sp³-hybridized carbons (Fsp3) is 0.214. The molecule has 0 spiro atoms. The second-order valence-electron chi connectivity index (χ2n) is 4.32. The standard InChI is InChI=1S/C14H14N2O4/c1-9(17)10-3-4-12(20-2)11(7-10)8-16-14(19)6-5-13(18)15-16/h3-7H,8H2,1-2H3,(H,15,18). The first kappa shape index (κ1) is 13.8. The van der Waals surface area contributed by atoms with E-state index in [2.05, 4.69) is 5.10 Å². The summed E-state index contributed by atoms with van der Waals surface area (Å²) in [5.41, 5.74) is 0.461. The van der Waals surface area contributed by atoms with E-state index in [0.717, 1.165) is 0 Å². The number of benzene rings is 1. The molecule has 6 nitrogen and oxygen atoms in total. The number of aromatic nitrogens is 2.